The molecule has 2 aromatic carbocycles. The number of hydrogen-bond donors (Lipinski definition) is 2. The molecule has 0 saturated carbocycles. The van der Waals surface area contributed by atoms with Crippen molar-refractivity contribution in [1.82, 2.24) is 20.1 Å². The molecule has 31 heavy (non-hydrogen) atoms. The lowest BCUT2D eigenvalue weighted by atomic mass is 10.1. The van der Waals surface area contributed by atoms with E-state index in [1.54, 1.807) is 54.1 Å². The Morgan fingerprint density at radius 2 is 1.81 bits per heavy atom. The average Bonchev–Trinajstić information content (AvgIpc) is 3.15. The maximum absolute atomic E-state index is 14.7. The van der Waals surface area contributed by atoms with Gasteiger partial charge in [-0.3, -0.25) is 14.7 Å². The Morgan fingerprint density at radius 1 is 1.13 bits per heavy atom. The lowest BCUT2D eigenvalue weighted by molar-refractivity contribution is -0.120. The quantitative estimate of drug-likeness (QED) is 0.542. The van der Waals surface area contributed by atoms with Crippen molar-refractivity contribution in [2.75, 3.05) is 7.11 Å². The second kappa shape index (κ2) is 9.61. The number of halogens is 1. The zero-order valence-electron chi connectivity index (χ0n) is 17.2. The fourth-order valence-corrected chi connectivity index (χ4v) is 3.97. The summed E-state index contributed by atoms with van der Waals surface area (Å²) in [5, 5.41) is 10.2. The summed E-state index contributed by atoms with van der Waals surface area (Å²) < 4.78 is 21.5. The van der Waals surface area contributed by atoms with Crippen LogP contribution < -0.4 is 15.8 Å². The van der Waals surface area contributed by atoms with Crippen molar-refractivity contribution in [2.45, 2.75) is 24.3 Å². The first-order valence-electron chi connectivity index (χ1n) is 9.43. The Hall–Kier alpha value is -3.40. The highest BCUT2D eigenvalue weighted by atomic mass is 32.2. The molecule has 1 heterocycles. The van der Waals surface area contributed by atoms with Crippen molar-refractivity contribution in [3.05, 3.63) is 54.3 Å². The summed E-state index contributed by atoms with van der Waals surface area (Å²) in [7, 11) is 1.56. The molecule has 3 rings (SSSR count). The Bertz CT molecular complexity index is 1080. The largest absolute Gasteiger partial charge is 0.497 e. The molecule has 0 bridgehead atoms. The number of carbonyl (C=O) groups excluding carboxylic acids is 2. The van der Waals surface area contributed by atoms with Crippen LogP contribution in [-0.4, -0.2) is 39.1 Å². The number of thioether (sulfide) groups is 1. The minimum atomic E-state index is -0.939. The van der Waals surface area contributed by atoms with Gasteiger partial charge in [0, 0.05) is 5.56 Å². The molecule has 0 spiro atoms. The number of aromatic nitrogens is 3. The standard InChI is InChI=1S/C21H22FN5O3S/c1-12(2)17(19(28)24-20(23)29)31-21-26-25-18(13-8-10-14(30-3)11-9-13)27(21)16-7-5-4-6-15(16)22/h4-12,17H,1-3H3,(H3,23,24,28,29)/t17-/m1/s1. The summed E-state index contributed by atoms with van der Waals surface area (Å²) in [6.45, 7) is 3.65. The van der Waals surface area contributed by atoms with Crippen molar-refractivity contribution < 1.29 is 18.7 Å². The molecule has 0 radical (unpaired) electrons. The maximum atomic E-state index is 14.7. The molecule has 162 valence electrons. The predicted octanol–water partition coefficient (Wildman–Crippen LogP) is 3.39. The lowest BCUT2D eigenvalue weighted by Gasteiger charge is -2.19. The molecule has 0 unspecified atom stereocenters. The van der Waals surface area contributed by atoms with Crippen LogP contribution in [0.3, 0.4) is 0 Å². The molecule has 3 amide bonds. The van der Waals surface area contributed by atoms with E-state index in [9.17, 15) is 14.0 Å². The summed E-state index contributed by atoms with van der Waals surface area (Å²) in [5.74, 6) is -0.130. The van der Waals surface area contributed by atoms with Gasteiger partial charge in [-0.05, 0) is 42.3 Å². The van der Waals surface area contributed by atoms with Crippen LogP contribution in [-0.2, 0) is 4.79 Å². The number of carbonyl (C=O) groups is 2. The van der Waals surface area contributed by atoms with E-state index >= 15 is 0 Å². The highest BCUT2D eigenvalue weighted by Crippen LogP contribution is 2.33. The molecule has 3 aromatic rings. The van der Waals surface area contributed by atoms with Crippen molar-refractivity contribution in [1.29, 1.82) is 0 Å². The Balaban J connectivity index is 2.10. The van der Waals surface area contributed by atoms with Crippen LogP contribution in [0.1, 0.15) is 13.8 Å². The van der Waals surface area contributed by atoms with Crippen LogP contribution in [0.25, 0.3) is 17.1 Å². The van der Waals surface area contributed by atoms with Gasteiger partial charge >= 0.3 is 6.03 Å². The third-order valence-corrected chi connectivity index (χ3v) is 5.91. The maximum Gasteiger partial charge on any atom is 0.318 e. The zero-order chi connectivity index (χ0) is 22.5. The molecule has 3 N–H and O–H groups in total. The van der Waals surface area contributed by atoms with Gasteiger partial charge in [-0.2, -0.15) is 0 Å². The normalized spacial score (nSPS) is 11.9. The summed E-state index contributed by atoms with van der Waals surface area (Å²) in [5.41, 5.74) is 6.02. The number of benzene rings is 2. The number of nitrogens with one attached hydrogen (secondary N) is 1. The highest BCUT2D eigenvalue weighted by molar-refractivity contribution is 8.00. The molecular weight excluding hydrogens is 421 g/mol. The van der Waals surface area contributed by atoms with E-state index in [1.165, 1.54) is 6.07 Å². The fourth-order valence-electron chi connectivity index (χ4n) is 2.92. The van der Waals surface area contributed by atoms with E-state index < -0.39 is 23.0 Å². The van der Waals surface area contributed by atoms with Gasteiger partial charge < -0.3 is 10.5 Å². The van der Waals surface area contributed by atoms with Crippen LogP contribution in [0.5, 0.6) is 5.75 Å². The van der Waals surface area contributed by atoms with Crippen LogP contribution in [0.15, 0.2) is 53.7 Å². The number of methoxy groups -OCH3 is 1. The van der Waals surface area contributed by atoms with Gasteiger partial charge in [-0.25, -0.2) is 9.18 Å². The second-order valence-electron chi connectivity index (χ2n) is 6.96. The van der Waals surface area contributed by atoms with Gasteiger partial charge in [0.15, 0.2) is 11.0 Å². The number of amides is 3. The van der Waals surface area contributed by atoms with Crippen molar-refractivity contribution in [2.24, 2.45) is 11.7 Å². The molecule has 0 aliphatic heterocycles. The molecular formula is C21H22FN5O3S. The second-order valence-corrected chi connectivity index (χ2v) is 8.07. The topological polar surface area (TPSA) is 112 Å². The van der Waals surface area contributed by atoms with Crippen LogP contribution in [0.4, 0.5) is 9.18 Å². The Labute approximate surface area is 183 Å². The molecule has 1 aromatic heterocycles. The van der Waals surface area contributed by atoms with Crippen molar-refractivity contribution >= 4 is 23.7 Å². The number of nitrogens with zero attached hydrogens (tertiary/aromatic N) is 3. The monoisotopic (exact) mass is 443 g/mol. The van der Waals surface area contributed by atoms with E-state index in [0.29, 0.717) is 22.3 Å². The summed E-state index contributed by atoms with van der Waals surface area (Å²) in [6.07, 6.45) is 0. The lowest BCUT2D eigenvalue weighted by Crippen LogP contribution is -2.42. The van der Waals surface area contributed by atoms with Gasteiger partial charge in [0.1, 0.15) is 11.6 Å². The predicted molar refractivity (Wildman–Crippen MR) is 116 cm³/mol. The minimum Gasteiger partial charge on any atom is -0.497 e. The Kier molecular flexibility index (Phi) is 6.91. The summed E-state index contributed by atoms with van der Waals surface area (Å²) in [4.78, 5) is 23.6. The molecule has 0 aliphatic carbocycles. The molecule has 1 atom stereocenters. The average molecular weight is 444 g/mol. The first kappa shape index (κ1) is 22.3. The fraction of sp³-hybridized carbons (Fsp3) is 0.238. The SMILES string of the molecule is COc1ccc(-c2nnc(S[C@@H](C(=O)NC(N)=O)C(C)C)n2-c2ccccc2F)cc1. The number of urea groups is 1. The van der Waals surface area contributed by atoms with Crippen LogP contribution in [0, 0.1) is 11.7 Å². The third kappa shape index (κ3) is 5.02. The number of para-hydroxylation sites is 1. The van der Waals surface area contributed by atoms with Gasteiger partial charge in [0.25, 0.3) is 0 Å². The van der Waals surface area contributed by atoms with E-state index in [4.69, 9.17) is 10.5 Å². The first-order valence-corrected chi connectivity index (χ1v) is 10.3. The highest BCUT2D eigenvalue weighted by Gasteiger charge is 2.29. The van der Waals surface area contributed by atoms with Crippen LogP contribution in [0.2, 0.25) is 0 Å². The summed E-state index contributed by atoms with van der Waals surface area (Å²) >= 11 is 1.08. The molecule has 8 nitrogen and oxygen atoms in total. The third-order valence-electron chi connectivity index (χ3n) is 4.42. The van der Waals surface area contributed by atoms with Gasteiger partial charge in [-0.1, -0.05) is 37.7 Å². The van der Waals surface area contributed by atoms with E-state index in [-0.39, 0.29) is 11.6 Å². The van der Waals surface area contributed by atoms with E-state index in [1.807, 2.05) is 13.8 Å². The zero-order valence-corrected chi connectivity index (χ0v) is 18.0. The Morgan fingerprint density at radius 3 is 2.39 bits per heavy atom. The summed E-state index contributed by atoms with van der Waals surface area (Å²) in [6, 6.07) is 12.4. The number of rotatable bonds is 7. The molecule has 10 heteroatoms. The smallest absolute Gasteiger partial charge is 0.318 e. The van der Waals surface area contributed by atoms with Gasteiger partial charge in [0.2, 0.25) is 5.91 Å². The van der Waals surface area contributed by atoms with Gasteiger partial charge in [-0.15, -0.1) is 10.2 Å². The number of imide groups is 1. The van der Waals surface area contributed by atoms with E-state index in [0.717, 1.165) is 11.8 Å². The molecule has 0 saturated heterocycles. The number of hydrogen-bond acceptors (Lipinski definition) is 6. The van der Waals surface area contributed by atoms with Crippen LogP contribution >= 0.6 is 11.8 Å². The van der Waals surface area contributed by atoms with Gasteiger partial charge in [0.05, 0.1) is 18.0 Å². The van der Waals surface area contributed by atoms with E-state index in [2.05, 4.69) is 15.5 Å². The molecule has 0 fully saturated rings. The molecule has 0 aliphatic rings. The first-order chi connectivity index (χ1) is 14.8. The number of ether oxygens (including phenoxy) is 1. The number of primary amides is 1. The number of nitrogens with two attached hydrogens (primary N) is 1. The van der Waals surface area contributed by atoms with Crippen molar-refractivity contribution in [3.8, 4) is 22.8 Å². The van der Waals surface area contributed by atoms with Crippen molar-refractivity contribution in [3.63, 3.8) is 0 Å². The minimum absolute atomic E-state index is 0.167.